The number of hydrogen-bond acceptors (Lipinski definition) is 4. The molecule has 0 saturated heterocycles. The van der Waals surface area contributed by atoms with Crippen molar-refractivity contribution in [2.45, 2.75) is 25.8 Å². The Hall–Kier alpha value is -1.62. The molecule has 0 spiro atoms. The molecule has 0 heterocycles. The van der Waals surface area contributed by atoms with Gasteiger partial charge in [-0.1, -0.05) is 19.9 Å². The van der Waals surface area contributed by atoms with Gasteiger partial charge in [-0.15, -0.1) is 0 Å². The van der Waals surface area contributed by atoms with Crippen molar-refractivity contribution < 1.29 is 9.66 Å². The molecule has 1 aromatic rings. The molecule has 2 atom stereocenters. The maximum Gasteiger partial charge on any atom is 0.310 e. The second-order valence-electron chi connectivity index (χ2n) is 5.01. The van der Waals surface area contributed by atoms with Gasteiger partial charge in [0, 0.05) is 18.0 Å². The first kappa shape index (κ1) is 11.9. The summed E-state index contributed by atoms with van der Waals surface area (Å²) in [5.41, 5.74) is 7.04. The lowest BCUT2D eigenvalue weighted by Crippen LogP contribution is -2.06. The molecule has 0 aliphatic heterocycles. The molecular weight excluding hydrogens is 220 g/mol. The molecule has 0 unspecified atom stereocenters. The number of nitrogens with two attached hydrogens (primary N) is 1. The van der Waals surface area contributed by atoms with E-state index in [4.69, 9.17) is 10.5 Å². The highest BCUT2D eigenvalue weighted by molar-refractivity contribution is 5.51. The van der Waals surface area contributed by atoms with Crippen LogP contribution in [0.15, 0.2) is 18.2 Å². The summed E-state index contributed by atoms with van der Waals surface area (Å²) < 4.78 is 5.05. The summed E-state index contributed by atoms with van der Waals surface area (Å²) >= 11 is 0. The summed E-state index contributed by atoms with van der Waals surface area (Å²) in [5, 5.41) is 10.8. The minimum absolute atomic E-state index is 0.0109. The Kier molecular flexibility index (Phi) is 2.58. The maximum absolute atomic E-state index is 10.8. The SMILES string of the molecule is COc1cc([C@@H]2[C@@H](N)C2(C)C)ccc1[N+](=O)[O-]. The van der Waals surface area contributed by atoms with E-state index in [0.717, 1.165) is 5.56 Å². The van der Waals surface area contributed by atoms with Gasteiger partial charge in [0.2, 0.25) is 0 Å². The average Bonchev–Trinajstić information content (AvgIpc) is 2.77. The molecule has 2 rings (SSSR count). The minimum atomic E-state index is -0.444. The largest absolute Gasteiger partial charge is 0.490 e. The zero-order valence-electron chi connectivity index (χ0n) is 10.1. The van der Waals surface area contributed by atoms with Crippen molar-refractivity contribution in [2.24, 2.45) is 11.1 Å². The van der Waals surface area contributed by atoms with Crippen molar-refractivity contribution in [1.82, 2.24) is 0 Å². The van der Waals surface area contributed by atoms with Crippen LogP contribution in [-0.2, 0) is 0 Å². The second-order valence-corrected chi connectivity index (χ2v) is 5.01. The predicted molar refractivity (Wildman–Crippen MR) is 64.1 cm³/mol. The number of hydrogen-bond donors (Lipinski definition) is 1. The Morgan fingerprint density at radius 2 is 2.06 bits per heavy atom. The summed E-state index contributed by atoms with van der Waals surface area (Å²) in [6.07, 6.45) is 0. The summed E-state index contributed by atoms with van der Waals surface area (Å²) in [5.74, 6) is 0.541. The molecule has 1 saturated carbocycles. The van der Waals surface area contributed by atoms with Crippen molar-refractivity contribution in [3.05, 3.63) is 33.9 Å². The van der Waals surface area contributed by atoms with Gasteiger partial charge in [-0.25, -0.2) is 0 Å². The average molecular weight is 236 g/mol. The molecule has 1 fully saturated rings. The van der Waals surface area contributed by atoms with Crippen LogP contribution in [0.4, 0.5) is 5.69 Å². The second kappa shape index (κ2) is 3.70. The highest BCUT2D eigenvalue weighted by atomic mass is 16.6. The molecule has 0 aromatic heterocycles. The molecule has 2 N–H and O–H groups in total. The van der Waals surface area contributed by atoms with Crippen LogP contribution in [0.3, 0.4) is 0 Å². The van der Waals surface area contributed by atoms with E-state index in [1.54, 1.807) is 12.1 Å². The molecule has 92 valence electrons. The summed E-state index contributed by atoms with van der Waals surface area (Å²) in [7, 11) is 1.43. The topological polar surface area (TPSA) is 78.4 Å². The van der Waals surface area contributed by atoms with Crippen LogP contribution in [0.5, 0.6) is 5.75 Å². The van der Waals surface area contributed by atoms with Crippen molar-refractivity contribution in [2.75, 3.05) is 7.11 Å². The number of benzene rings is 1. The summed E-state index contributed by atoms with van der Waals surface area (Å²) in [6.45, 7) is 4.19. The molecule has 1 aliphatic carbocycles. The Morgan fingerprint density at radius 1 is 1.47 bits per heavy atom. The van der Waals surface area contributed by atoms with Crippen molar-refractivity contribution in [3.63, 3.8) is 0 Å². The van der Waals surface area contributed by atoms with E-state index >= 15 is 0 Å². The zero-order valence-corrected chi connectivity index (χ0v) is 10.1. The molecule has 17 heavy (non-hydrogen) atoms. The van der Waals surface area contributed by atoms with Crippen molar-refractivity contribution in [1.29, 1.82) is 0 Å². The molecular formula is C12H16N2O3. The third-order valence-corrected chi connectivity index (χ3v) is 3.67. The van der Waals surface area contributed by atoms with Crippen LogP contribution in [0.2, 0.25) is 0 Å². The monoisotopic (exact) mass is 236 g/mol. The van der Waals surface area contributed by atoms with Crippen LogP contribution in [-0.4, -0.2) is 18.1 Å². The number of ether oxygens (including phenoxy) is 1. The van der Waals surface area contributed by atoms with Gasteiger partial charge in [-0.3, -0.25) is 10.1 Å². The molecule has 5 heteroatoms. The van der Waals surface area contributed by atoms with E-state index in [9.17, 15) is 10.1 Å². The van der Waals surface area contributed by atoms with Crippen LogP contribution in [0.1, 0.15) is 25.3 Å². The first-order chi connectivity index (χ1) is 7.89. The van der Waals surface area contributed by atoms with E-state index in [-0.39, 0.29) is 23.1 Å². The highest BCUT2D eigenvalue weighted by Gasteiger charge is 2.56. The molecule has 5 nitrogen and oxygen atoms in total. The number of rotatable bonds is 3. The number of nitro benzene ring substituents is 1. The summed E-state index contributed by atoms with van der Waals surface area (Å²) in [4.78, 5) is 10.3. The molecule has 0 radical (unpaired) electrons. The van der Waals surface area contributed by atoms with E-state index in [2.05, 4.69) is 13.8 Å². The third kappa shape index (κ3) is 1.76. The smallest absolute Gasteiger partial charge is 0.310 e. The fraction of sp³-hybridized carbons (Fsp3) is 0.500. The Balaban J connectivity index is 2.37. The normalized spacial score (nSPS) is 25.4. The number of methoxy groups -OCH3 is 1. The van der Waals surface area contributed by atoms with Crippen molar-refractivity contribution >= 4 is 5.69 Å². The van der Waals surface area contributed by atoms with Crippen LogP contribution in [0, 0.1) is 15.5 Å². The third-order valence-electron chi connectivity index (χ3n) is 3.67. The molecule has 0 amide bonds. The number of nitro groups is 1. The van der Waals surface area contributed by atoms with Gasteiger partial charge in [-0.05, 0) is 17.0 Å². The lowest BCUT2D eigenvalue weighted by Gasteiger charge is -2.06. The van der Waals surface area contributed by atoms with Gasteiger partial charge in [0.15, 0.2) is 5.75 Å². The lowest BCUT2D eigenvalue weighted by atomic mass is 10.0. The molecule has 1 aliphatic rings. The summed E-state index contributed by atoms with van der Waals surface area (Å²) in [6, 6.07) is 5.07. The van der Waals surface area contributed by atoms with E-state index < -0.39 is 4.92 Å². The standard InChI is InChI=1S/C12H16N2O3/c1-12(2)10(11(12)13)7-4-5-8(14(15)16)9(6-7)17-3/h4-6,10-11H,13H2,1-3H3/t10-,11-/m1/s1. The number of nitrogens with zero attached hydrogens (tertiary/aromatic N) is 1. The fourth-order valence-electron chi connectivity index (χ4n) is 2.35. The first-order valence-electron chi connectivity index (χ1n) is 5.47. The van der Waals surface area contributed by atoms with E-state index in [1.165, 1.54) is 13.2 Å². The van der Waals surface area contributed by atoms with E-state index in [0.29, 0.717) is 5.75 Å². The van der Waals surface area contributed by atoms with Crippen LogP contribution < -0.4 is 10.5 Å². The maximum atomic E-state index is 10.8. The van der Waals surface area contributed by atoms with Crippen LogP contribution in [0.25, 0.3) is 0 Å². The Bertz CT molecular complexity index is 471. The lowest BCUT2D eigenvalue weighted by molar-refractivity contribution is -0.385. The van der Waals surface area contributed by atoms with Gasteiger partial charge >= 0.3 is 5.69 Å². The predicted octanol–water partition coefficient (Wildman–Crippen LogP) is 2.05. The van der Waals surface area contributed by atoms with Crippen molar-refractivity contribution in [3.8, 4) is 5.75 Å². The van der Waals surface area contributed by atoms with Gasteiger partial charge < -0.3 is 10.5 Å². The highest BCUT2D eigenvalue weighted by Crippen LogP contribution is 2.57. The Morgan fingerprint density at radius 3 is 2.47 bits per heavy atom. The zero-order chi connectivity index (χ0) is 12.8. The Labute approximate surface area is 99.7 Å². The van der Waals surface area contributed by atoms with Gasteiger partial charge in [-0.2, -0.15) is 0 Å². The van der Waals surface area contributed by atoms with Crippen LogP contribution >= 0.6 is 0 Å². The quantitative estimate of drug-likeness (QED) is 0.643. The molecule has 0 bridgehead atoms. The fourth-order valence-corrected chi connectivity index (χ4v) is 2.35. The first-order valence-corrected chi connectivity index (χ1v) is 5.47. The van der Waals surface area contributed by atoms with Gasteiger partial charge in [0.25, 0.3) is 0 Å². The van der Waals surface area contributed by atoms with Gasteiger partial charge in [0.05, 0.1) is 12.0 Å². The minimum Gasteiger partial charge on any atom is -0.490 e. The van der Waals surface area contributed by atoms with E-state index in [1.807, 2.05) is 0 Å². The molecule has 1 aromatic carbocycles. The van der Waals surface area contributed by atoms with Gasteiger partial charge in [0.1, 0.15) is 0 Å².